The Morgan fingerprint density at radius 3 is 1.45 bits per heavy atom. The fraction of sp³-hybridized carbons (Fsp3) is 1.00. The van der Waals surface area contributed by atoms with Crippen molar-refractivity contribution in [1.29, 1.82) is 0 Å². The molecule has 0 heterocycles. The molecule has 38 heavy (non-hydrogen) atoms. The molecule has 7 aliphatic carbocycles. The maximum absolute atomic E-state index is 2.59. The number of rotatable bonds is 2. The van der Waals surface area contributed by atoms with Gasteiger partial charge in [0.2, 0.25) is 0 Å². The Balaban J connectivity index is 0.000000140. The molecule has 0 heteroatoms. The summed E-state index contributed by atoms with van der Waals surface area (Å²) in [4.78, 5) is 0. The van der Waals surface area contributed by atoms with Crippen LogP contribution in [0.2, 0.25) is 0 Å². The van der Waals surface area contributed by atoms with Crippen LogP contribution in [0.25, 0.3) is 0 Å². The number of hydrogen-bond acceptors (Lipinski definition) is 0. The first-order valence-electron chi connectivity index (χ1n) is 17.5. The van der Waals surface area contributed by atoms with Crippen molar-refractivity contribution in [3.8, 4) is 0 Å². The SMILES string of the molecule is CC1CC(C2CC(C)C3C2C2CC3C(C)(C)C2(C)C)C1.CC1CC(C2CC(C)C3CC(C)(C)C(C)(C)C32)C1. The highest BCUT2D eigenvalue weighted by Gasteiger charge is 2.70. The highest BCUT2D eigenvalue weighted by molar-refractivity contribution is 5.18. The molecule has 10 unspecified atom stereocenters. The molecule has 2 bridgehead atoms. The molecular weight excluding hydrogens is 456 g/mol. The normalized spacial score (nSPS) is 55.9. The fourth-order valence-electron chi connectivity index (χ4n) is 13.5. The standard InChI is InChI=1S/C20H34.C18H32/c1-11-7-13(8-11)14-9-12(2)17-15-10-16(18(14)17)20(5,6)19(15,3)4;1-11-7-13(8-11)14-9-12(2)15-10-17(3,4)18(5,6)16(14)15/h11-18H,7-10H2,1-6H3;11-16H,7-10H2,1-6H3. The van der Waals surface area contributed by atoms with Gasteiger partial charge in [0.05, 0.1) is 0 Å². The second kappa shape index (κ2) is 8.76. The Hall–Kier alpha value is 0. The summed E-state index contributed by atoms with van der Waals surface area (Å²) in [6.45, 7) is 30.6. The van der Waals surface area contributed by atoms with Crippen molar-refractivity contribution in [2.45, 2.75) is 134 Å². The Morgan fingerprint density at radius 2 is 0.921 bits per heavy atom. The summed E-state index contributed by atoms with van der Waals surface area (Å²) in [5.74, 6) is 14.6. The van der Waals surface area contributed by atoms with Crippen LogP contribution in [0.4, 0.5) is 0 Å². The van der Waals surface area contributed by atoms with E-state index >= 15 is 0 Å². The Bertz CT molecular complexity index is 891. The third kappa shape index (κ3) is 3.71. The summed E-state index contributed by atoms with van der Waals surface area (Å²) >= 11 is 0. The third-order valence-corrected chi connectivity index (χ3v) is 16.8. The lowest BCUT2D eigenvalue weighted by molar-refractivity contribution is -0.0516. The van der Waals surface area contributed by atoms with E-state index in [0.717, 1.165) is 82.9 Å². The highest BCUT2D eigenvalue weighted by atomic mass is 14.7. The largest absolute Gasteiger partial charge is 0.0625 e. The van der Waals surface area contributed by atoms with Crippen molar-refractivity contribution in [2.24, 2.45) is 105 Å². The van der Waals surface area contributed by atoms with Gasteiger partial charge in [0.25, 0.3) is 0 Å². The van der Waals surface area contributed by atoms with Gasteiger partial charge in [-0.15, -0.1) is 0 Å². The molecule has 0 aromatic carbocycles. The number of hydrogen-bond donors (Lipinski definition) is 0. The Kier molecular flexibility index (Phi) is 6.48. The second-order valence-corrected chi connectivity index (χ2v) is 19.5. The van der Waals surface area contributed by atoms with E-state index < -0.39 is 0 Å². The summed E-state index contributed by atoms with van der Waals surface area (Å²) in [6, 6.07) is 0. The first-order valence-corrected chi connectivity index (χ1v) is 17.5. The lowest BCUT2D eigenvalue weighted by Gasteiger charge is -2.53. The molecule has 0 radical (unpaired) electrons. The molecule has 0 aromatic rings. The van der Waals surface area contributed by atoms with Gasteiger partial charge in [-0.25, -0.2) is 0 Å². The molecule has 0 aromatic heterocycles. The lowest BCUT2D eigenvalue weighted by Crippen LogP contribution is -2.47. The van der Waals surface area contributed by atoms with E-state index in [1.807, 2.05) is 0 Å². The number of fused-ring (bicyclic) bond motifs is 6. The van der Waals surface area contributed by atoms with E-state index in [0.29, 0.717) is 21.7 Å². The van der Waals surface area contributed by atoms with Crippen LogP contribution < -0.4 is 0 Å². The minimum absolute atomic E-state index is 0.546. The zero-order valence-corrected chi connectivity index (χ0v) is 27.7. The first kappa shape index (κ1) is 28.1. The van der Waals surface area contributed by atoms with E-state index in [9.17, 15) is 0 Å². The summed E-state index contributed by atoms with van der Waals surface area (Å²) in [7, 11) is 0. The van der Waals surface area contributed by atoms with Crippen LogP contribution in [-0.2, 0) is 0 Å². The monoisotopic (exact) mass is 523 g/mol. The molecular formula is C38H66. The van der Waals surface area contributed by atoms with Gasteiger partial charge in [-0.1, -0.05) is 83.1 Å². The maximum Gasteiger partial charge on any atom is -0.0269 e. The van der Waals surface area contributed by atoms with Gasteiger partial charge in [-0.3, -0.25) is 0 Å². The Morgan fingerprint density at radius 1 is 0.447 bits per heavy atom. The van der Waals surface area contributed by atoms with E-state index in [1.54, 1.807) is 25.7 Å². The lowest BCUT2D eigenvalue weighted by atomic mass is 9.52. The molecule has 7 saturated carbocycles. The van der Waals surface area contributed by atoms with Crippen molar-refractivity contribution in [1.82, 2.24) is 0 Å². The van der Waals surface area contributed by atoms with Crippen LogP contribution in [0.5, 0.6) is 0 Å². The zero-order chi connectivity index (χ0) is 27.7. The molecule has 0 spiro atoms. The average Bonchev–Trinajstić information content (AvgIpc) is 3.48. The van der Waals surface area contributed by atoms with Gasteiger partial charge in [0.1, 0.15) is 0 Å². The molecule has 218 valence electrons. The van der Waals surface area contributed by atoms with Gasteiger partial charge in [0, 0.05) is 0 Å². The van der Waals surface area contributed by atoms with Crippen LogP contribution in [0.3, 0.4) is 0 Å². The van der Waals surface area contributed by atoms with Crippen LogP contribution in [-0.4, -0.2) is 0 Å². The summed E-state index contributed by atoms with van der Waals surface area (Å²) in [6.07, 6.45) is 12.3. The van der Waals surface area contributed by atoms with Gasteiger partial charge in [0.15, 0.2) is 0 Å². The van der Waals surface area contributed by atoms with Gasteiger partial charge < -0.3 is 0 Å². The van der Waals surface area contributed by atoms with Crippen molar-refractivity contribution in [2.75, 3.05) is 0 Å². The molecule has 0 aliphatic heterocycles. The van der Waals surface area contributed by atoms with Crippen molar-refractivity contribution in [3.05, 3.63) is 0 Å². The molecule has 7 fully saturated rings. The molecule has 7 rings (SSSR count). The van der Waals surface area contributed by atoms with Crippen LogP contribution in [0.1, 0.15) is 134 Å². The van der Waals surface area contributed by atoms with Gasteiger partial charge in [-0.05, 0) is 156 Å². The second-order valence-electron chi connectivity index (χ2n) is 19.5. The van der Waals surface area contributed by atoms with E-state index in [-0.39, 0.29) is 0 Å². The fourth-order valence-corrected chi connectivity index (χ4v) is 13.5. The van der Waals surface area contributed by atoms with Gasteiger partial charge in [-0.2, -0.15) is 0 Å². The topological polar surface area (TPSA) is 0 Å². The molecule has 0 amide bonds. The predicted octanol–water partition coefficient (Wildman–Crippen LogP) is 11.0. The van der Waals surface area contributed by atoms with E-state index in [2.05, 4.69) is 83.1 Å². The quantitative estimate of drug-likeness (QED) is 0.338. The molecule has 0 saturated heterocycles. The summed E-state index contributed by atoms with van der Waals surface area (Å²) in [5.41, 5.74) is 2.22. The predicted molar refractivity (Wildman–Crippen MR) is 164 cm³/mol. The average molecular weight is 523 g/mol. The zero-order valence-electron chi connectivity index (χ0n) is 27.7. The summed E-state index contributed by atoms with van der Waals surface area (Å²) < 4.78 is 0. The van der Waals surface area contributed by atoms with Crippen LogP contribution in [0.15, 0.2) is 0 Å². The maximum atomic E-state index is 2.59. The van der Waals surface area contributed by atoms with Gasteiger partial charge >= 0.3 is 0 Å². The summed E-state index contributed by atoms with van der Waals surface area (Å²) in [5, 5.41) is 0. The Labute approximate surface area is 238 Å². The smallest absolute Gasteiger partial charge is 0.0269 e. The minimum Gasteiger partial charge on any atom is -0.0625 e. The highest BCUT2D eigenvalue weighted by Crippen LogP contribution is 2.76. The van der Waals surface area contributed by atoms with E-state index in [1.165, 1.54) is 25.7 Å². The van der Waals surface area contributed by atoms with E-state index in [4.69, 9.17) is 0 Å². The van der Waals surface area contributed by atoms with Crippen molar-refractivity contribution in [3.63, 3.8) is 0 Å². The molecule has 0 nitrogen and oxygen atoms in total. The molecule has 7 aliphatic rings. The first-order chi connectivity index (χ1) is 17.5. The minimum atomic E-state index is 0.546. The van der Waals surface area contributed by atoms with Crippen LogP contribution in [0, 0.1) is 105 Å². The van der Waals surface area contributed by atoms with Crippen molar-refractivity contribution >= 4 is 0 Å². The molecule has 0 N–H and O–H groups in total. The van der Waals surface area contributed by atoms with Crippen LogP contribution >= 0.6 is 0 Å². The molecule has 10 atom stereocenters. The third-order valence-electron chi connectivity index (χ3n) is 16.8. The van der Waals surface area contributed by atoms with Crippen molar-refractivity contribution < 1.29 is 0 Å².